The molecule has 2 unspecified atom stereocenters. The molecule has 2 amide bonds. The Kier molecular flexibility index (Phi) is 12.2. The molecule has 266 valence electrons. The first-order valence-corrected chi connectivity index (χ1v) is 17.9. The molecule has 2 atom stereocenters. The zero-order valence-electron chi connectivity index (χ0n) is 30.3. The number of ether oxygens (including phenoxy) is 1. The van der Waals surface area contributed by atoms with Gasteiger partial charge >= 0.3 is 0 Å². The van der Waals surface area contributed by atoms with Gasteiger partial charge in [-0.2, -0.15) is 0 Å². The molecule has 2 aliphatic heterocycles. The van der Waals surface area contributed by atoms with Crippen LogP contribution in [0.5, 0.6) is 0 Å². The van der Waals surface area contributed by atoms with Gasteiger partial charge in [0, 0.05) is 113 Å². The van der Waals surface area contributed by atoms with E-state index in [9.17, 15) is 9.59 Å². The molecule has 0 bridgehead atoms. The number of imidazole rings is 1. The van der Waals surface area contributed by atoms with Crippen LogP contribution >= 0.6 is 0 Å². The number of pyridine rings is 2. The van der Waals surface area contributed by atoms with E-state index < -0.39 is 6.10 Å². The molecule has 0 saturated carbocycles. The van der Waals surface area contributed by atoms with Crippen molar-refractivity contribution in [2.75, 3.05) is 33.3 Å². The van der Waals surface area contributed by atoms with Gasteiger partial charge in [0.2, 0.25) is 11.8 Å². The molecule has 0 aliphatic carbocycles. The Labute approximate surface area is 292 Å². The average molecular weight is 673 g/mol. The largest absolute Gasteiger partial charge is 0.372 e. The molecule has 0 aromatic carbocycles. The van der Waals surface area contributed by atoms with Crippen LogP contribution in [-0.4, -0.2) is 104 Å². The van der Waals surface area contributed by atoms with Crippen LogP contribution in [-0.2, 0) is 47.1 Å². The van der Waals surface area contributed by atoms with Crippen molar-refractivity contribution in [1.29, 1.82) is 0 Å². The lowest BCUT2D eigenvalue weighted by Gasteiger charge is -2.44. The lowest BCUT2D eigenvalue weighted by molar-refractivity contribution is -0.133. The van der Waals surface area contributed by atoms with E-state index in [1.54, 1.807) is 20.2 Å². The first-order chi connectivity index (χ1) is 23.5. The lowest BCUT2D eigenvalue weighted by Crippen LogP contribution is -2.59. The maximum absolute atomic E-state index is 13.3. The van der Waals surface area contributed by atoms with Crippen LogP contribution in [0.3, 0.4) is 0 Å². The van der Waals surface area contributed by atoms with Crippen molar-refractivity contribution in [3.63, 3.8) is 0 Å². The van der Waals surface area contributed by atoms with Crippen LogP contribution < -0.4 is 10.6 Å². The number of carbonyl (C=O) groups excluding carboxylic acids is 2. The summed E-state index contributed by atoms with van der Waals surface area (Å²) in [6.07, 6.45) is 13.0. The van der Waals surface area contributed by atoms with E-state index in [1.807, 2.05) is 48.4 Å². The van der Waals surface area contributed by atoms with Gasteiger partial charge in [-0.15, -0.1) is 0 Å². The number of hydrogen-bond acceptors (Lipinski definition) is 8. The predicted molar refractivity (Wildman–Crippen MR) is 191 cm³/mol. The van der Waals surface area contributed by atoms with E-state index in [0.717, 1.165) is 75.5 Å². The summed E-state index contributed by atoms with van der Waals surface area (Å²) in [6, 6.07) is 11.1. The van der Waals surface area contributed by atoms with Gasteiger partial charge in [-0.1, -0.05) is 12.1 Å². The number of nitrogens with zero attached hydrogens (tertiary/aromatic N) is 6. The maximum atomic E-state index is 13.3. The topological polar surface area (TPSA) is 118 Å². The monoisotopic (exact) mass is 672 g/mol. The fourth-order valence-corrected chi connectivity index (χ4v) is 7.42. The van der Waals surface area contributed by atoms with Crippen molar-refractivity contribution in [1.82, 2.24) is 40.0 Å². The molecule has 5 heterocycles. The Morgan fingerprint density at radius 2 is 1.49 bits per heavy atom. The second kappa shape index (κ2) is 16.4. The maximum Gasteiger partial charge on any atom is 0.249 e. The van der Waals surface area contributed by atoms with E-state index in [4.69, 9.17) is 9.72 Å². The van der Waals surface area contributed by atoms with Gasteiger partial charge in [0.15, 0.2) is 0 Å². The van der Waals surface area contributed by atoms with Crippen molar-refractivity contribution < 1.29 is 14.3 Å². The van der Waals surface area contributed by atoms with Gasteiger partial charge in [0.1, 0.15) is 11.9 Å². The molecule has 11 heteroatoms. The standard InChI is InChI=1S/C38H56N8O3/c1-28(2)45-18-12-37(13-19-45,42-35(47)24-34-40-17-22-44(34)5)26-33-11-10-31(27-41-33)23-29(3)46-20-14-38(15-21-46,43-36(48)30(4)49-6)25-32-9-7-8-16-39-32/h7-11,16-17,22,27-30H,12-15,18-21,23-26H2,1-6H3,(H,42,47)(H,43,48). The summed E-state index contributed by atoms with van der Waals surface area (Å²) >= 11 is 0. The number of amides is 2. The zero-order valence-corrected chi connectivity index (χ0v) is 30.3. The number of nitrogens with one attached hydrogen (secondary N) is 2. The molecular formula is C38H56N8O3. The molecule has 3 aromatic heterocycles. The van der Waals surface area contributed by atoms with Crippen LogP contribution in [0.15, 0.2) is 55.1 Å². The normalized spacial score (nSPS) is 19.3. The minimum atomic E-state index is -0.501. The average Bonchev–Trinajstić information content (AvgIpc) is 3.49. The number of carbonyl (C=O) groups is 2. The fraction of sp³-hybridized carbons (Fsp3) is 0.605. The lowest BCUT2D eigenvalue weighted by atomic mass is 9.82. The summed E-state index contributed by atoms with van der Waals surface area (Å²) in [5.74, 6) is 0.698. The Morgan fingerprint density at radius 1 is 0.837 bits per heavy atom. The van der Waals surface area contributed by atoms with Gasteiger partial charge < -0.3 is 29.7 Å². The van der Waals surface area contributed by atoms with Gasteiger partial charge in [0.05, 0.1) is 6.42 Å². The molecule has 5 rings (SSSR count). The van der Waals surface area contributed by atoms with Crippen LogP contribution in [0.2, 0.25) is 0 Å². The highest BCUT2D eigenvalue weighted by Crippen LogP contribution is 2.30. The summed E-state index contributed by atoms with van der Waals surface area (Å²) < 4.78 is 7.22. The van der Waals surface area contributed by atoms with Crippen molar-refractivity contribution >= 4 is 11.8 Å². The molecule has 49 heavy (non-hydrogen) atoms. The number of methoxy groups -OCH3 is 1. The highest BCUT2D eigenvalue weighted by atomic mass is 16.5. The highest BCUT2D eigenvalue weighted by Gasteiger charge is 2.39. The van der Waals surface area contributed by atoms with Gasteiger partial charge in [0.25, 0.3) is 0 Å². The fourth-order valence-electron chi connectivity index (χ4n) is 7.42. The Bertz CT molecular complexity index is 1490. The summed E-state index contributed by atoms with van der Waals surface area (Å²) in [6.45, 7) is 12.2. The summed E-state index contributed by atoms with van der Waals surface area (Å²) in [4.78, 5) is 45.0. The molecule has 2 fully saturated rings. The molecule has 0 spiro atoms. The van der Waals surface area contributed by atoms with E-state index in [0.29, 0.717) is 24.9 Å². The third kappa shape index (κ3) is 9.73. The predicted octanol–water partition coefficient (Wildman–Crippen LogP) is 3.51. The Morgan fingerprint density at radius 3 is 2.04 bits per heavy atom. The van der Waals surface area contributed by atoms with Crippen molar-refractivity contribution in [3.8, 4) is 0 Å². The molecule has 0 radical (unpaired) electrons. The number of hydrogen-bond donors (Lipinski definition) is 2. The van der Waals surface area contributed by atoms with E-state index in [1.165, 1.54) is 5.56 Å². The van der Waals surface area contributed by atoms with Gasteiger partial charge in [-0.3, -0.25) is 19.6 Å². The Balaban J connectivity index is 1.20. The number of aromatic nitrogens is 4. The summed E-state index contributed by atoms with van der Waals surface area (Å²) in [5.41, 5.74) is 2.50. The molecule has 2 aliphatic rings. The van der Waals surface area contributed by atoms with Crippen molar-refractivity contribution in [2.24, 2.45) is 7.05 Å². The first kappa shape index (κ1) is 36.6. The molecule has 11 nitrogen and oxygen atoms in total. The highest BCUT2D eigenvalue weighted by molar-refractivity contribution is 5.81. The van der Waals surface area contributed by atoms with Crippen LogP contribution in [0.4, 0.5) is 0 Å². The van der Waals surface area contributed by atoms with E-state index >= 15 is 0 Å². The second-order valence-corrected chi connectivity index (χ2v) is 14.7. The number of aryl methyl sites for hydroxylation is 1. The van der Waals surface area contributed by atoms with E-state index in [2.05, 4.69) is 63.3 Å². The van der Waals surface area contributed by atoms with E-state index in [-0.39, 0.29) is 29.3 Å². The second-order valence-electron chi connectivity index (χ2n) is 14.7. The SMILES string of the molecule is COC(C)C(=O)NC1(Cc2ccccn2)CCN(C(C)Cc2ccc(CC3(NC(=O)Cc4nccn4C)CCN(C(C)C)CC3)nc2)CC1. The molecule has 3 aromatic rings. The number of piperidine rings is 2. The van der Waals surface area contributed by atoms with Gasteiger partial charge in [-0.05, 0) is 83.6 Å². The third-order valence-electron chi connectivity index (χ3n) is 10.8. The molecule has 2 N–H and O–H groups in total. The van der Waals surface area contributed by atoms with Gasteiger partial charge in [-0.25, -0.2) is 4.98 Å². The Hall–Kier alpha value is -3.67. The number of likely N-dealkylation sites (tertiary alicyclic amines) is 2. The number of rotatable bonds is 14. The molecule has 2 saturated heterocycles. The van der Waals surface area contributed by atoms with Crippen LogP contribution in [0.1, 0.15) is 76.2 Å². The quantitative estimate of drug-likeness (QED) is 0.267. The third-order valence-corrected chi connectivity index (χ3v) is 10.8. The van der Waals surface area contributed by atoms with Crippen LogP contribution in [0, 0.1) is 0 Å². The minimum Gasteiger partial charge on any atom is -0.372 e. The first-order valence-electron chi connectivity index (χ1n) is 17.9. The minimum absolute atomic E-state index is 0.0103. The molecular weight excluding hydrogens is 616 g/mol. The van der Waals surface area contributed by atoms with Crippen molar-refractivity contribution in [3.05, 3.63) is 77.9 Å². The smallest absolute Gasteiger partial charge is 0.249 e. The van der Waals surface area contributed by atoms with Crippen LogP contribution in [0.25, 0.3) is 0 Å². The van der Waals surface area contributed by atoms with Crippen molar-refractivity contribution in [2.45, 2.75) is 108 Å². The summed E-state index contributed by atoms with van der Waals surface area (Å²) in [7, 11) is 3.49. The summed E-state index contributed by atoms with van der Waals surface area (Å²) in [5, 5.41) is 6.78. The zero-order chi connectivity index (χ0) is 35.0.